The molecule has 166 valence electrons. The predicted molar refractivity (Wildman–Crippen MR) is 131 cm³/mol. The van der Waals surface area contributed by atoms with Crippen molar-refractivity contribution in [2.24, 2.45) is 5.92 Å². The van der Waals surface area contributed by atoms with E-state index in [1.54, 1.807) is 30.2 Å². The maximum Gasteiger partial charge on any atom is 0.257 e. The number of aromatic nitrogens is 2. The third-order valence-electron chi connectivity index (χ3n) is 5.86. The molecular weight excluding hydrogens is 436 g/mol. The number of carbonyl (C=O) groups is 2. The van der Waals surface area contributed by atoms with Crippen LogP contribution in [-0.2, 0) is 4.79 Å². The zero-order chi connectivity index (χ0) is 22.9. The van der Waals surface area contributed by atoms with Crippen molar-refractivity contribution in [3.63, 3.8) is 0 Å². The fraction of sp³-hybridized carbons (Fsp3) is 0.192. The minimum atomic E-state index is -0.230. The van der Waals surface area contributed by atoms with E-state index in [1.807, 2.05) is 59.3 Å². The second kappa shape index (κ2) is 8.71. The Kier molecular flexibility index (Phi) is 5.60. The molecule has 0 spiro atoms. The zero-order valence-electron chi connectivity index (χ0n) is 18.2. The van der Waals surface area contributed by atoms with Gasteiger partial charge < -0.3 is 14.6 Å². The molecule has 3 heterocycles. The minimum absolute atomic E-state index is 0.0130. The number of hydrogen-bond acceptors (Lipinski definition) is 3. The van der Waals surface area contributed by atoms with Gasteiger partial charge in [0.2, 0.25) is 5.91 Å². The normalized spacial score (nSPS) is 13.2. The van der Waals surface area contributed by atoms with Crippen molar-refractivity contribution in [3.8, 4) is 11.3 Å². The van der Waals surface area contributed by atoms with Gasteiger partial charge >= 0.3 is 0 Å². The Balaban J connectivity index is 1.31. The van der Waals surface area contributed by atoms with Crippen LogP contribution >= 0.6 is 11.6 Å². The van der Waals surface area contributed by atoms with Gasteiger partial charge in [-0.3, -0.25) is 14.6 Å². The Hall–Kier alpha value is -3.64. The molecule has 33 heavy (non-hydrogen) atoms. The molecule has 7 heteroatoms. The van der Waals surface area contributed by atoms with Crippen LogP contribution in [0, 0.1) is 5.92 Å². The summed E-state index contributed by atoms with van der Waals surface area (Å²) in [6.07, 6.45) is 7.66. The molecule has 0 radical (unpaired) electrons. The maximum absolute atomic E-state index is 12.6. The van der Waals surface area contributed by atoms with Gasteiger partial charge in [-0.15, -0.1) is 0 Å². The van der Waals surface area contributed by atoms with E-state index in [9.17, 15) is 9.59 Å². The predicted octanol–water partition coefficient (Wildman–Crippen LogP) is 5.67. The highest BCUT2D eigenvalue weighted by Gasteiger charge is 2.27. The number of halogens is 1. The quantitative estimate of drug-likeness (QED) is 0.404. The lowest BCUT2D eigenvalue weighted by molar-refractivity contribution is -0.116. The molecule has 0 atom stereocenters. The van der Waals surface area contributed by atoms with Crippen molar-refractivity contribution < 1.29 is 9.59 Å². The number of benzene rings is 1. The van der Waals surface area contributed by atoms with E-state index >= 15 is 0 Å². The molecule has 4 aromatic rings. The van der Waals surface area contributed by atoms with Crippen molar-refractivity contribution in [1.82, 2.24) is 9.38 Å². The molecular formula is C26H23ClN4O2. The monoisotopic (exact) mass is 458 g/mol. The maximum atomic E-state index is 12.6. The summed E-state index contributed by atoms with van der Waals surface area (Å²) in [5.74, 6) is 0.322. The standard InChI is InChI=1S/C26H23ClN4O2/c1-17(32)31(15-18-4-5-18)25-11-7-19(13-23(25)27)24-10-6-20(14-28-24)26(33)29-21-8-9-22-3-2-12-30(22)16-21/h2-3,6-14,16,18H,4-5,15H2,1H3,(H,29,33). The van der Waals surface area contributed by atoms with Crippen molar-refractivity contribution in [3.05, 3.63) is 83.8 Å². The Morgan fingerprint density at radius 1 is 1.15 bits per heavy atom. The summed E-state index contributed by atoms with van der Waals surface area (Å²) in [6.45, 7) is 2.27. The highest BCUT2D eigenvalue weighted by Crippen LogP contribution is 2.35. The molecule has 0 bridgehead atoms. The van der Waals surface area contributed by atoms with Crippen LogP contribution in [0.3, 0.4) is 0 Å². The number of fused-ring (bicyclic) bond motifs is 1. The molecule has 0 aliphatic heterocycles. The largest absolute Gasteiger partial charge is 0.322 e. The van der Waals surface area contributed by atoms with Crippen LogP contribution in [0.5, 0.6) is 0 Å². The van der Waals surface area contributed by atoms with Crippen LogP contribution < -0.4 is 10.2 Å². The van der Waals surface area contributed by atoms with Crippen LogP contribution in [0.15, 0.2) is 73.2 Å². The fourth-order valence-electron chi connectivity index (χ4n) is 3.85. The number of carbonyl (C=O) groups excluding carboxylic acids is 2. The summed E-state index contributed by atoms with van der Waals surface area (Å²) in [7, 11) is 0. The fourth-order valence-corrected chi connectivity index (χ4v) is 4.13. The van der Waals surface area contributed by atoms with E-state index in [0.29, 0.717) is 34.4 Å². The molecule has 1 fully saturated rings. The number of anilines is 2. The molecule has 5 rings (SSSR count). The first-order valence-electron chi connectivity index (χ1n) is 10.9. The number of pyridine rings is 2. The summed E-state index contributed by atoms with van der Waals surface area (Å²) >= 11 is 6.54. The summed E-state index contributed by atoms with van der Waals surface area (Å²) in [5.41, 5.74) is 4.46. The molecule has 1 aliphatic rings. The SMILES string of the molecule is CC(=O)N(CC1CC1)c1ccc(-c2ccc(C(=O)Nc3ccc4cccn4c3)cn2)cc1Cl. The third-order valence-corrected chi connectivity index (χ3v) is 6.16. The summed E-state index contributed by atoms with van der Waals surface area (Å²) in [6, 6.07) is 16.9. The van der Waals surface area contributed by atoms with Gasteiger partial charge in [-0.2, -0.15) is 0 Å². The first-order chi connectivity index (χ1) is 16.0. The van der Waals surface area contributed by atoms with E-state index in [4.69, 9.17) is 11.6 Å². The molecule has 1 N–H and O–H groups in total. The van der Waals surface area contributed by atoms with Crippen molar-refractivity contribution >= 4 is 40.3 Å². The van der Waals surface area contributed by atoms with E-state index < -0.39 is 0 Å². The van der Waals surface area contributed by atoms with Gasteiger partial charge in [0.15, 0.2) is 0 Å². The van der Waals surface area contributed by atoms with Gasteiger partial charge in [0.1, 0.15) is 0 Å². The van der Waals surface area contributed by atoms with E-state index in [0.717, 1.165) is 29.6 Å². The molecule has 1 saturated carbocycles. The average molecular weight is 459 g/mol. The smallest absolute Gasteiger partial charge is 0.257 e. The summed E-state index contributed by atoms with van der Waals surface area (Å²) in [5, 5.41) is 3.41. The minimum Gasteiger partial charge on any atom is -0.322 e. The van der Waals surface area contributed by atoms with Gasteiger partial charge in [-0.25, -0.2) is 0 Å². The van der Waals surface area contributed by atoms with Crippen molar-refractivity contribution in [2.75, 3.05) is 16.8 Å². The van der Waals surface area contributed by atoms with Gasteiger partial charge in [0, 0.05) is 43.1 Å². The summed E-state index contributed by atoms with van der Waals surface area (Å²) < 4.78 is 1.95. The molecule has 2 amide bonds. The highest BCUT2D eigenvalue weighted by atomic mass is 35.5. The number of nitrogens with zero attached hydrogens (tertiary/aromatic N) is 3. The number of nitrogens with one attached hydrogen (secondary N) is 1. The third kappa shape index (κ3) is 4.61. The first kappa shape index (κ1) is 21.2. The molecule has 3 aromatic heterocycles. The van der Waals surface area contributed by atoms with Crippen LogP contribution in [0.1, 0.15) is 30.1 Å². The zero-order valence-corrected chi connectivity index (χ0v) is 18.9. The van der Waals surface area contributed by atoms with Gasteiger partial charge in [-0.05, 0) is 67.3 Å². The second-order valence-corrected chi connectivity index (χ2v) is 8.79. The molecule has 1 aromatic carbocycles. The van der Waals surface area contributed by atoms with Crippen LogP contribution in [0.25, 0.3) is 16.8 Å². The summed E-state index contributed by atoms with van der Waals surface area (Å²) in [4.78, 5) is 31.0. The Labute approximate surface area is 196 Å². The number of rotatable bonds is 6. The lowest BCUT2D eigenvalue weighted by Crippen LogP contribution is -2.30. The average Bonchev–Trinajstić information content (AvgIpc) is 3.52. The van der Waals surface area contributed by atoms with Crippen LogP contribution in [0.4, 0.5) is 11.4 Å². The van der Waals surface area contributed by atoms with Crippen molar-refractivity contribution in [2.45, 2.75) is 19.8 Å². The van der Waals surface area contributed by atoms with Gasteiger partial charge in [0.05, 0.1) is 27.7 Å². The van der Waals surface area contributed by atoms with Crippen LogP contribution in [-0.4, -0.2) is 27.7 Å². The van der Waals surface area contributed by atoms with Gasteiger partial charge in [-0.1, -0.05) is 17.7 Å². The van der Waals surface area contributed by atoms with Crippen LogP contribution in [0.2, 0.25) is 5.02 Å². The Bertz CT molecular complexity index is 1340. The van der Waals surface area contributed by atoms with E-state index in [1.165, 1.54) is 0 Å². The highest BCUT2D eigenvalue weighted by molar-refractivity contribution is 6.34. The van der Waals surface area contributed by atoms with E-state index in [2.05, 4.69) is 10.3 Å². The molecule has 6 nitrogen and oxygen atoms in total. The molecule has 0 saturated heterocycles. The number of hydrogen-bond donors (Lipinski definition) is 1. The topological polar surface area (TPSA) is 66.7 Å². The van der Waals surface area contributed by atoms with Gasteiger partial charge in [0.25, 0.3) is 5.91 Å². The molecule has 0 unspecified atom stereocenters. The molecule has 1 aliphatic carbocycles. The second-order valence-electron chi connectivity index (χ2n) is 8.38. The lowest BCUT2D eigenvalue weighted by atomic mass is 10.1. The lowest BCUT2D eigenvalue weighted by Gasteiger charge is -2.22. The Morgan fingerprint density at radius 3 is 2.70 bits per heavy atom. The van der Waals surface area contributed by atoms with Crippen molar-refractivity contribution in [1.29, 1.82) is 0 Å². The Morgan fingerprint density at radius 2 is 2.00 bits per heavy atom. The first-order valence-corrected chi connectivity index (χ1v) is 11.3. The van der Waals surface area contributed by atoms with E-state index in [-0.39, 0.29) is 11.8 Å². The number of amides is 2.